The molecule has 0 amide bonds. The first kappa shape index (κ1) is 46.6. The topological polar surface area (TPSA) is 208 Å². The zero-order valence-electron chi connectivity index (χ0n) is 28.8. The average molecular weight is 717 g/mol. The van der Waals surface area contributed by atoms with Crippen molar-refractivity contribution in [2.45, 2.75) is 19.8 Å². The molecule has 0 heterocycles. The van der Waals surface area contributed by atoms with Crippen molar-refractivity contribution < 1.29 is 85.9 Å². The molecule has 18 nitrogen and oxygen atoms in total. The molecule has 0 aliphatic rings. The van der Waals surface area contributed by atoms with Gasteiger partial charge in [-0.2, -0.15) is 0 Å². The van der Waals surface area contributed by atoms with Crippen molar-refractivity contribution >= 4 is 23.7 Å². The van der Waals surface area contributed by atoms with E-state index in [9.17, 15) is 19.2 Å². The highest BCUT2D eigenvalue weighted by molar-refractivity contribution is 6.32. The van der Waals surface area contributed by atoms with Gasteiger partial charge in [0.1, 0.15) is 13.2 Å². The van der Waals surface area contributed by atoms with Gasteiger partial charge in [0.05, 0.1) is 152 Å². The predicted molar refractivity (Wildman–Crippen MR) is 168 cm³/mol. The zero-order chi connectivity index (χ0) is 35.9. The normalized spacial score (nSPS) is 11.1. The largest absolute Gasteiger partial charge is 0.476 e. The van der Waals surface area contributed by atoms with Gasteiger partial charge < -0.3 is 66.7 Å². The summed E-state index contributed by atoms with van der Waals surface area (Å²) < 4.78 is 68.8. The first-order valence-corrected chi connectivity index (χ1v) is 16.3. The number of carbonyl (C=O) groups is 4. The third-order valence-corrected chi connectivity index (χ3v) is 5.54. The summed E-state index contributed by atoms with van der Waals surface area (Å²) in [5.74, 6) is -3.57. The number of carbonyl (C=O) groups excluding carboxylic acids is 3. The lowest BCUT2D eigenvalue weighted by Crippen LogP contribution is -2.17. The summed E-state index contributed by atoms with van der Waals surface area (Å²) in [6.45, 7) is 10.9. The lowest BCUT2D eigenvalue weighted by Gasteiger charge is -2.09. The molecule has 1 N–H and O–H groups in total. The lowest BCUT2D eigenvalue weighted by atomic mass is 10.2. The van der Waals surface area contributed by atoms with Gasteiger partial charge in [0.15, 0.2) is 0 Å². The van der Waals surface area contributed by atoms with Gasteiger partial charge in [0, 0.05) is 13.3 Å². The number of carboxylic acid groups (broad SMARTS) is 1. The summed E-state index contributed by atoms with van der Waals surface area (Å²) in [6.07, 6.45) is -0.668. The maximum Gasteiger partial charge on any atom is 0.372 e. The maximum atomic E-state index is 11.4. The monoisotopic (exact) mass is 716 g/mol. The Morgan fingerprint density at radius 1 is 0.347 bits per heavy atom. The van der Waals surface area contributed by atoms with Crippen LogP contribution in [0.5, 0.6) is 0 Å². The van der Waals surface area contributed by atoms with Crippen molar-refractivity contribution in [1.29, 1.82) is 0 Å². The van der Waals surface area contributed by atoms with Crippen LogP contribution in [0.4, 0.5) is 0 Å². The van der Waals surface area contributed by atoms with E-state index in [1.165, 1.54) is 6.92 Å². The molecule has 0 unspecified atom stereocenters. The summed E-state index contributed by atoms with van der Waals surface area (Å²) in [7, 11) is 0. The Balaban J connectivity index is 3.12. The van der Waals surface area contributed by atoms with Crippen LogP contribution in [0.25, 0.3) is 0 Å². The Labute approximate surface area is 288 Å². The molecular weight excluding hydrogens is 660 g/mol. The number of Topliss-reactive ketones (excluding diaryl/α,β-unsaturated/α-hetero) is 1. The molecule has 0 atom stereocenters. The zero-order valence-corrected chi connectivity index (χ0v) is 28.8. The Hall–Kier alpha value is -2.36. The molecule has 0 fully saturated rings. The van der Waals surface area contributed by atoms with Gasteiger partial charge in [0.25, 0.3) is 0 Å². The molecule has 0 aliphatic carbocycles. The Morgan fingerprint density at radius 3 is 0.796 bits per heavy atom. The molecule has 0 aliphatic heterocycles. The molecule has 0 saturated carbocycles. The van der Waals surface area contributed by atoms with Crippen LogP contribution in [0.2, 0.25) is 0 Å². The molecule has 0 spiro atoms. The summed E-state index contributed by atoms with van der Waals surface area (Å²) in [6, 6.07) is 0. The van der Waals surface area contributed by atoms with E-state index in [0.29, 0.717) is 139 Å². The number of ketones is 1. The van der Waals surface area contributed by atoms with E-state index in [1.807, 2.05) is 0 Å². The van der Waals surface area contributed by atoms with E-state index in [2.05, 4.69) is 0 Å². The number of hydrogen-bond donors (Lipinski definition) is 1. The second-order valence-corrected chi connectivity index (χ2v) is 9.52. The smallest absolute Gasteiger partial charge is 0.372 e. The predicted octanol–water partition coefficient (Wildman–Crippen LogP) is -0.291. The fourth-order valence-electron chi connectivity index (χ4n) is 3.15. The number of ether oxygens (including phenoxy) is 13. The van der Waals surface area contributed by atoms with Gasteiger partial charge in [-0.15, -0.1) is 0 Å². The van der Waals surface area contributed by atoms with Crippen LogP contribution >= 0.6 is 0 Å². The molecular formula is C31H56O18. The Bertz CT molecular complexity index is 784. The van der Waals surface area contributed by atoms with Crippen LogP contribution < -0.4 is 0 Å². The molecule has 0 saturated heterocycles. The van der Waals surface area contributed by atoms with Gasteiger partial charge >= 0.3 is 17.9 Å². The fraction of sp³-hybridized carbons (Fsp3) is 0.871. The first-order chi connectivity index (χ1) is 23.9. The summed E-state index contributed by atoms with van der Waals surface area (Å²) in [5, 5.41) is 8.44. The van der Waals surface area contributed by atoms with E-state index in [-0.39, 0.29) is 38.6 Å². The molecule has 0 aromatic heterocycles. The van der Waals surface area contributed by atoms with Gasteiger partial charge in [-0.3, -0.25) is 14.4 Å². The Morgan fingerprint density at radius 2 is 0.571 bits per heavy atom. The van der Waals surface area contributed by atoms with Gasteiger partial charge in [-0.05, 0) is 0 Å². The first-order valence-electron chi connectivity index (χ1n) is 16.3. The summed E-state index contributed by atoms with van der Waals surface area (Å²) in [5.41, 5.74) is 0. The standard InChI is InChI=1S/C31H56O18/c1-28(32)48-26-24-46-22-20-44-18-16-42-14-12-40-10-8-38-6-4-37-5-7-39-9-11-41-13-15-43-17-19-45-21-23-47-25-27-49-30(34)3-2-29(33)31(35)36/h2-27H2,1H3,(H,35,36). The molecule has 0 rings (SSSR count). The third kappa shape index (κ3) is 40.0. The van der Waals surface area contributed by atoms with E-state index >= 15 is 0 Å². The number of esters is 2. The number of hydrogen-bond acceptors (Lipinski definition) is 17. The molecule has 49 heavy (non-hydrogen) atoms. The van der Waals surface area contributed by atoms with Crippen molar-refractivity contribution in [2.75, 3.05) is 159 Å². The van der Waals surface area contributed by atoms with E-state index < -0.39 is 17.7 Å². The number of carboxylic acids is 1. The van der Waals surface area contributed by atoms with Gasteiger partial charge in [-0.25, -0.2) is 4.79 Å². The molecule has 0 aromatic rings. The molecule has 0 radical (unpaired) electrons. The highest BCUT2D eigenvalue weighted by atomic mass is 16.6. The van der Waals surface area contributed by atoms with Crippen LogP contribution in [-0.4, -0.2) is 187 Å². The summed E-state index contributed by atoms with van der Waals surface area (Å²) in [4.78, 5) is 43.2. The summed E-state index contributed by atoms with van der Waals surface area (Å²) >= 11 is 0. The van der Waals surface area contributed by atoms with Crippen LogP contribution in [0, 0.1) is 0 Å². The maximum absolute atomic E-state index is 11.4. The second kappa shape index (κ2) is 38.4. The average Bonchev–Trinajstić information content (AvgIpc) is 3.08. The van der Waals surface area contributed by atoms with Crippen molar-refractivity contribution in [1.82, 2.24) is 0 Å². The van der Waals surface area contributed by atoms with Crippen LogP contribution in [0.3, 0.4) is 0 Å². The number of rotatable bonds is 40. The Kier molecular flexibility index (Phi) is 36.6. The van der Waals surface area contributed by atoms with Gasteiger partial charge in [-0.1, -0.05) is 0 Å². The molecule has 288 valence electrons. The fourth-order valence-corrected chi connectivity index (χ4v) is 3.15. The van der Waals surface area contributed by atoms with E-state index in [4.69, 9.17) is 66.7 Å². The van der Waals surface area contributed by atoms with Crippen molar-refractivity contribution in [3.63, 3.8) is 0 Å². The number of aliphatic carboxylic acids is 1. The lowest BCUT2D eigenvalue weighted by molar-refractivity contribution is -0.151. The minimum atomic E-state index is -1.57. The van der Waals surface area contributed by atoms with Crippen molar-refractivity contribution in [3.05, 3.63) is 0 Å². The molecule has 18 heteroatoms. The van der Waals surface area contributed by atoms with Crippen LogP contribution in [0.15, 0.2) is 0 Å². The van der Waals surface area contributed by atoms with Gasteiger partial charge in [0.2, 0.25) is 5.78 Å². The van der Waals surface area contributed by atoms with Crippen LogP contribution in [-0.2, 0) is 80.8 Å². The van der Waals surface area contributed by atoms with E-state index in [0.717, 1.165) is 0 Å². The SMILES string of the molecule is CC(=O)OCCOCCOCCOCCOCCOCCOCCOCCOCCOCCOCCOCCOC(=O)CCC(=O)C(=O)O. The quantitative estimate of drug-likeness (QED) is 0.0491. The van der Waals surface area contributed by atoms with E-state index in [1.54, 1.807) is 0 Å². The second-order valence-electron chi connectivity index (χ2n) is 9.52. The molecule has 0 aromatic carbocycles. The van der Waals surface area contributed by atoms with Crippen molar-refractivity contribution in [2.24, 2.45) is 0 Å². The third-order valence-electron chi connectivity index (χ3n) is 5.54. The molecule has 0 bridgehead atoms. The highest BCUT2D eigenvalue weighted by Gasteiger charge is 2.14. The minimum absolute atomic E-state index is 0.00916. The highest BCUT2D eigenvalue weighted by Crippen LogP contribution is 1.95. The minimum Gasteiger partial charge on any atom is -0.476 e. The van der Waals surface area contributed by atoms with Crippen molar-refractivity contribution in [3.8, 4) is 0 Å². The van der Waals surface area contributed by atoms with Crippen LogP contribution in [0.1, 0.15) is 19.8 Å².